The number of anilines is 2. The highest BCUT2D eigenvalue weighted by molar-refractivity contribution is 6.30. The molecule has 0 saturated heterocycles. The highest BCUT2D eigenvalue weighted by Crippen LogP contribution is 2.13. The van der Waals surface area contributed by atoms with Crippen LogP contribution in [0.1, 0.15) is 16.8 Å². The van der Waals surface area contributed by atoms with Crippen molar-refractivity contribution in [2.24, 2.45) is 0 Å². The average Bonchev–Trinajstić information content (AvgIpc) is 2.63. The Hall–Kier alpha value is -2.66. The second-order valence-electron chi connectivity index (χ2n) is 6.29. The molecule has 2 aromatic carbocycles. The Morgan fingerprint density at radius 1 is 0.926 bits per heavy atom. The average molecular weight is 385 g/mol. The van der Waals surface area contributed by atoms with Gasteiger partial charge in [-0.05, 0) is 49.1 Å². The van der Waals surface area contributed by atoms with Gasteiger partial charge in [0.05, 0.1) is 0 Å². The quantitative estimate of drug-likeness (QED) is 0.580. The van der Waals surface area contributed by atoms with E-state index in [-0.39, 0.29) is 5.82 Å². The van der Waals surface area contributed by atoms with Crippen molar-refractivity contribution in [1.82, 2.24) is 9.97 Å². The van der Waals surface area contributed by atoms with E-state index in [1.54, 1.807) is 12.1 Å². The van der Waals surface area contributed by atoms with Crippen LogP contribution in [-0.4, -0.2) is 23.1 Å². The van der Waals surface area contributed by atoms with Crippen LogP contribution < -0.4 is 10.6 Å². The van der Waals surface area contributed by atoms with Gasteiger partial charge in [0.15, 0.2) is 0 Å². The van der Waals surface area contributed by atoms with Gasteiger partial charge in [-0.3, -0.25) is 0 Å². The molecule has 0 fully saturated rings. The first-order valence-corrected chi connectivity index (χ1v) is 9.29. The van der Waals surface area contributed by atoms with Crippen molar-refractivity contribution in [2.75, 3.05) is 23.7 Å². The van der Waals surface area contributed by atoms with Crippen molar-refractivity contribution in [1.29, 1.82) is 0 Å². The molecule has 6 heteroatoms. The van der Waals surface area contributed by atoms with E-state index in [1.165, 1.54) is 6.07 Å². The fourth-order valence-electron chi connectivity index (χ4n) is 2.78. The molecule has 27 heavy (non-hydrogen) atoms. The minimum Gasteiger partial charge on any atom is -0.370 e. The third-order valence-electron chi connectivity index (χ3n) is 4.10. The molecule has 4 nitrogen and oxygen atoms in total. The molecule has 1 heterocycles. The van der Waals surface area contributed by atoms with Crippen molar-refractivity contribution in [3.8, 4) is 0 Å². The van der Waals surface area contributed by atoms with E-state index in [0.29, 0.717) is 31.0 Å². The van der Waals surface area contributed by atoms with Gasteiger partial charge in [-0.2, -0.15) is 4.98 Å². The highest BCUT2D eigenvalue weighted by Gasteiger charge is 2.04. The van der Waals surface area contributed by atoms with Gasteiger partial charge >= 0.3 is 0 Å². The van der Waals surface area contributed by atoms with Gasteiger partial charge in [0.1, 0.15) is 11.6 Å². The Balaban J connectivity index is 1.53. The fraction of sp³-hybridized carbons (Fsp3) is 0.238. The minimum atomic E-state index is -0.179. The molecule has 0 unspecified atom stereocenters. The van der Waals surface area contributed by atoms with Crippen LogP contribution in [0.3, 0.4) is 0 Å². The lowest BCUT2D eigenvalue weighted by atomic mass is 10.1. The first-order valence-electron chi connectivity index (χ1n) is 8.91. The molecule has 0 saturated carbocycles. The summed E-state index contributed by atoms with van der Waals surface area (Å²) in [5, 5.41) is 7.22. The van der Waals surface area contributed by atoms with Crippen molar-refractivity contribution in [3.63, 3.8) is 0 Å². The standard InChI is InChI=1S/C21H22ClFN4/c1-15-13-20(24-12-10-17-6-2-3-8-19(17)23)27-21(26-15)25-11-9-16-5-4-7-18(22)14-16/h2-8,13-14H,9-12H2,1H3,(H2,24,25,26,27). The lowest BCUT2D eigenvalue weighted by Crippen LogP contribution is -2.12. The number of hydrogen-bond donors (Lipinski definition) is 2. The predicted octanol–water partition coefficient (Wildman–Crippen LogP) is 4.89. The van der Waals surface area contributed by atoms with Crippen LogP contribution in [0.2, 0.25) is 5.02 Å². The summed E-state index contributed by atoms with van der Waals surface area (Å²) in [7, 11) is 0. The summed E-state index contributed by atoms with van der Waals surface area (Å²) in [6, 6.07) is 16.5. The molecule has 0 radical (unpaired) electrons. The second kappa shape index (κ2) is 9.33. The molecule has 0 amide bonds. The number of benzene rings is 2. The molecule has 0 bridgehead atoms. The van der Waals surface area contributed by atoms with Crippen molar-refractivity contribution in [2.45, 2.75) is 19.8 Å². The Kier molecular flexibility index (Phi) is 6.60. The summed E-state index contributed by atoms with van der Waals surface area (Å²) in [5.41, 5.74) is 2.71. The Morgan fingerprint density at radius 2 is 1.74 bits per heavy atom. The number of aryl methyl sites for hydroxylation is 1. The van der Waals surface area contributed by atoms with Gasteiger partial charge in [-0.1, -0.05) is 41.9 Å². The van der Waals surface area contributed by atoms with Crippen molar-refractivity contribution >= 4 is 23.4 Å². The van der Waals surface area contributed by atoms with Gasteiger partial charge in [-0.15, -0.1) is 0 Å². The molecular formula is C21H22ClFN4. The molecule has 3 rings (SSSR count). The van der Waals surface area contributed by atoms with Gasteiger partial charge in [0.25, 0.3) is 0 Å². The van der Waals surface area contributed by atoms with Crippen LogP contribution >= 0.6 is 11.6 Å². The third-order valence-corrected chi connectivity index (χ3v) is 4.33. The summed E-state index contributed by atoms with van der Waals surface area (Å²) in [6.45, 7) is 3.23. The predicted molar refractivity (Wildman–Crippen MR) is 109 cm³/mol. The summed E-state index contributed by atoms with van der Waals surface area (Å²) in [5.74, 6) is 1.12. The number of rotatable bonds is 8. The van der Waals surface area contributed by atoms with E-state index in [0.717, 1.165) is 28.5 Å². The van der Waals surface area contributed by atoms with Crippen LogP contribution in [-0.2, 0) is 12.8 Å². The number of hydrogen-bond acceptors (Lipinski definition) is 4. The molecule has 0 atom stereocenters. The van der Waals surface area contributed by atoms with Crippen LogP contribution in [0.15, 0.2) is 54.6 Å². The summed E-state index contributed by atoms with van der Waals surface area (Å²) in [4.78, 5) is 8.90. The Morgan fingerprint density at radius 3 is 2.56 bits per heavy atom. The van der Waals surface area contributed by atoms with Gasteiger partial charge in [-0.25, -0.2) is 9.37 Å². The first kappa shape index (κ1) is 19.1. The van der Waals surface area contributed by atoms with E-state index < -0.39 is 0 Å². The second-order valence-corrected chi connectivity index (χ2v) is 6.73. The van der Waals surface area contributed by atoms with Crippen LogP contribution in [0.4, 0.5) is 16.2 Å². The number of aromatic nitrogens is 2. The van der Waals surface area contributed by atoms with Crippen molar-refractivity contribution < 1.29 is 4.39 Å². The van der Waals surface area contributed by atoms with Gasteiger partial charge in [0.2, 0.25) is 5.95 Å². The van der Waals surface area contributed by atoms with E-state index in [9.17, 15) is 4.39 Å². The SMILES string of the molecule is Cc1cc(NCCc2ccccc2F)nc(NCCc2cccc(Cl)c2)n1. The number of nitrogens with one attached hydrogen (secondary N) is 2. The van der Waals surface area contributed by atoms with E-state index in [4.69, 9.17) is 11.6 Å². The maximum Gasteiger partial charge on any atom is 0.224 e. The van der Waals surface area contributed by atoms with Crippen LogP contribution in [0, 0.1) is 12.7 Å². The number of halogens is 2. The van der Waals surface area contributed by atoms with E-state index in [1.807, 2.05) is 43.3 Å². The zero-order valence-electron chi connectivity index (χ0n) is 15.2. The maximum absolute atomic E-state index is 13.7. The monoisotopic (exact) mass is 384 g/mol. The highest BCUT2D eigenvalue weighted by atomic mass is 35.5. The maximum atomic E-state index is 13.7. The fourth-order valence-corrected chi connectivity index (χ4v) is 2.99. The van der Waals surface area contributed by atoms with Crippen LogP contribution in [0.5, 0.6) is 0 Å². The third kappa shape index (κ3) is 5.93. The lowest BCUT2D eigenvalue weighted by Gasteiger charge is -2.10. The normalized spacial score (nSPS) is 10.6. The molecule has 0 aliphatic rings. The molecule has 140 valence electrons. The molecule has 2 N–H and O–H groups in total. The van der Waals surface area contributed by atoms with E-state index >= 15 is 0 Å². The summed E-state index contributed by atoms with van der Waals surface area (Å²) in [6.07, 6.45) is 1.42. The Bertz CT molecular complexity index is 901. The molecule has 1 aromatic heterocycles. The van der Waals surface area contributed by atoms with Crippen molar-refractivity contribution in [3.05, 3.63) is 82.3 Å². The topological polar surface area (TPSA) is 49.8 Å². The molecule has 0 aliphatic carbocycles. The number of nitrogens with zero attached hydrogens (tertiary/aromatic N) is 2. The molecular weight excluding hydrogens is 363 g/mol. The zero-order chi connectivity index (χ0) is 19.1. The largest absolute Gasteiger partial charge is 0.370 e. The Labute approximate surface area is 163 Å². The molecule has 0 aliphatic heterocycles. The molecule has 3 aromatic rings. The van der Waals surface area contributed by atoms with Gasteiger partial charge < -0.3 is 10.6 Å². The van der Waals surface area contributed by atoms with Crippen LogP contribution in [0.25, 0.3) is 0 Å². The first-order chi connectivity index (χ1) is 13.1. The zero-order valence-corrected chi connectivity index (χ0v) is 15.9. The lowest BCUT2D eigenvalue weighted by molar-refractivity contribution is 0.610. The molecule has 0 spiro atoms. The summed E-state index contributed by atoms with van der Waals surface area (Å²) >= 11 is 6.01. The summed E-state index contributed by atoms with van der Waals surface area (Å²) < 4.78 is 13.7. The van der Waals surface area contributed by atoms with Gasteiger partial charge in [0, 0.05) is 29.9 Å². The van der Waals surface area contributed by atoms with E-state index in [2.05, 4.69) is 20.6 Å². The minimum absolute atomic E-state index is 0.179. The smallest absolute Gasteiger partial charge is 0.224 e.